The zero-order valence-corrected chi connectivity index (χ0v) is 21.2. The van der Waals surface area contributed by atoms with Crippen molar-refractivity contribution in [1.82, 2.24) is 0 Å². The number of unbranched alkanes of at least 4 members (excludes halogenated alkanes) is 14. The molecule has 0 N–H and O–H groups in total. The summed E-state index contributed by atoms with van der Waals surface area (Å²) in [7, 11) is 2.39. The summed E-state index contributed by atoms with van der Waals surface area (Å²) >= 11 is 2.11. The highest BCUT2D eigenvalue weighted by molar-refractivity contribution is 8.00. The zero-order valence-electron chi connectivity index (χ0n) is 20.4. The topological polar surface area (TPSA) is 18.5 Å². The van der Waals surface area contributed by atoms with Gasteiger partial charge < -0.3 is 14.0 Å². The quantitative estimate of drug-likeness (QED) is 0.165. The first-order valence-corrected chi connectivity index (χ1v) is 14.3. The van der Waals surface area contributed by atoms with E-state index in [9.17, 15) is 0 Å². The van der Waals surface area contributed by atoms with E-state index in [2.05, 4.69) is 25.7 Å². The van der Waals surface area contributed by atoms with E-state index in [1.54, 1.807) is 0 Å². The molecule has 0 bridgehead atoms. The number of hydrogen-bond donors (Lipinski definition) is 0. The van der Waals surface area contributed by atoms with Gasteiger partial charge in [0, 0.05) is 0 Å². The first-order valence-electron chi connectivity index (χ1n) is 13.4. The van der Waals surface area contributed by atoms with Gasteiger partial charge in [-0.15, -0.1) is 11.8 Å². The van der Waals surface area contributed by atoms with Gasteiger partial charge in [-0.2, -0.15) is 0 Å². The summed E-state index contributed by atoms with van der Waals surface area (Å²) in [4.78, 5) is 0. The smallest absolute Gasteiger partial charge is 0.103 e. The van der Waals surface area contributed by atoms with E-state index in [0.29, 0.717) is 10.7 Å². The van der Waals surface area contributed by atoms with Crippen LogP contribution < -0.4 is 0 Å². The Bertz CT molecular complexity index is 400. The molecule has 178 valence electrons. The molecule has 2 unspecified atom stereocenters. The van der Waals surface area contributed by atoms with Crippen LogP contribution in [0.4, 0.5) is 0 Å². The number of rotatable bonds is 18. The predicted molar refractivity (Wildman–Crippen MR) is 132 cm³/mol. The van der Waals surface area contributed by atoms with Gasteiger partial charge in [-0.1, -0.05) is 96.8 Å². The van der Waals surface area contributed by atoms with Gasteiger partial charge in [0.2, 0.25) is 0 Å². The lowest BCUT2D eigenvalue weighted by molar-refractivity contribution is -0.916. The van der Waals surface area contributed by atoms with Crippen LogP contribution in [0.5, 0.6) is 0 Å². The Morgan fingerprint density at radius 2 is 1.23 bits per heavy atom. The van der Waals surface area contributed by atoms with Crippen molar-refractivity contribution in [2.45, 2.75) is 120 Å². The molecule has 2 saturated heterocycles. The third-order valence-electron chi connectivity index (χ3n) is 7.05. The molecule has 0 saturated carbocycles. The lowest BCUT2D eigenvalue weighted by atomic mass is 10.0. The molecular weight excluding hydrogens is 390 g/mol. The Morgan fingerprint density at radius 1 is 0.733 bits per heavy atom. The van der Waals surface area contributed by atoms with Crippen molar-refractivity contribution in [3.8, 4) is 0 Å². The van der Waals surface area contributed by atoms with Crippen LogP contribution >= 0.6 is 11.8 Å². The lowest BCUT2D eigenvalue weighted by Crippen LogP contribution is -2.54. The number of hydrogen-bond acceptors (Lipinski definition) is 3. The summed E-state index contributed by atoms with van der Waals surface area (Å²) in [5, 5.41) is 0.689. The SMILES string of the molecule is CCCCCCCCCCCCCCCCCC1OCC(C[N+]2(C)CCOCC2)S1. The molecule has 2 aliphatic rings. The Balaban J connectivity index is 1.32. The van der Waals surface area contributed by atoms with Crippen LogP contribution in [0.25, 0.3) is 0 Å². The first kappa shape index (κ1) is 26.5. The van der Waals surface area contributed by atoms with Crippen LogP contribution in [-0.4, -0.2) is 61.7 Å². The van der Waals surface area contributed by atoms with Gasteiger partial charge >= 0.3 is 0 Å². The number of likely N-dealkylation sites (N-methyl/N-ethyl adjacent to an activating group) is 1. The van der Waals surface area contributed by atoms with Gasteiger partial charge in [-0.05, 0) is 12.8 Å². The monoisotopic (exact) mass is 442 g/mol. The summed E-state index contributed by atoms with van der Waals surface area (Å²) in [5.41, 5.74) is 0.463. The molecule has 2 fully saturated rings. The molecule has 0 spiro atoms. The number of morpholine rings is 1. The number of quaternary nitrogens is 1. The van der Waals surface area contributed by atoms with Crippen molar-refractivity contribution >= 4 is 11.8 Å². The molecule has 2 atom stereocenters. The van der Waals surface area contributed by atoms with Gasteiger partial charge in [0.25, 0.3) is 0 Å². The molecule has 0 aromatic carbocycles. The van der Waals surface area contributed by atoms with E-state index < -0.39 is 0 Å². The molecule has 0 aliphatic carbocycles. The van der Waals surface area contributed by atoms with Crippen LogP contribution in [0.15, 0.2) is 0 Å². The van der Waals surface area contributed by atoms with Crippen molar-refractivity contribution in [2.75, 3.05) is 46.5 Å². The van der Waals surface area contributed by atoms with Crippen LogP contribution in [-0.2, 0) is 9.47 Å². The van der Waals surface area contributed by atoms with Crippen LogP contribution in [0.1, 0.15) is 110 Å². The maximum atomic E-state index is 6.09. The summed E-state index contributed by atoms with van der Waals surface area (Å²) in [5.74, 6) is 0. The molecular formula is C26H52NO2S+. The summed E-state index contributed by atoms with van der Waals surface area (Å²) in [6.07, 6.45) is 22.8. The maximum absolute atomic E-state index is 6.09. The molecule has 2 rings (SSSR count). The molecule has 0 aromatic heterocycles. The van der Waals surface area contributed by atoms with Crippen LogP contribution in [0.2, 0.25) is 0 Å². The lowest BCUT2D eigenvalue weighted by Gasteiger charge is -2.38. The fourth-order valence-electron chi connectivity index (χ4n) is 4.90. The minimum atomic E-state index is 0.463. The minimum Gasteiger partial charge on any atom is -0.370 e. The Hall–Kier alpha value is 0.230. The van der Waals surface area contributed by atoms with E-state index in [0.717, 1.165) is 19.8 Å². The summed E-state index contributed by atoms with van der Waals surface area (Å²) in [6.45, 7) is 8.70. The molecule has 0 radical (unpaired) electrons. The van der Waals surface area contributed by atoms with E-state index in [4.69, 9.17) is 9.47 Å². The second-order valence-corrected chi connectivity index (χ2v) is 11.6. The standard InChI is InChI=1S/C26H52NO2S/c1-3-4-5-6-7-8-9-10-11-12-13-14-15-16-17-18-26-29-24-25(30-26)23-27(2)19-21-28-22-20-27/h25-26H,3-24H2,1-2H3/q+1. The predicted octanol–water partition coefficient (Wildman–Crippen LogP) is 7.18. The van der Waals surface area contributed by atoms with Gasteiger partial charge in [0.1, 0.15) is 18.5 Å². The average molecular weight is 443 g/mol. The summed E-state index contributed by atoms with van der Waals surface area (Å²) in [6, 6.07) is 0. The fourth-order valence-corrected chi connectivity index (χ4v) is 6.39. The molecule has 30 heavy (non-hydrogen) atoms. The third-order valence-corrected chi connectivity index (χ3v) is 8.40. The Morgan fingerprint density at radius 3 is 1.77 bits per heavy atom. The van der Waals surface area contributed by atoms with Crippen molar-refractivity contribution in [1.29, 1.82) is 0 Å². The molecule has 2 aliphatic heterocycles. The molecule has 3 nitrogen and oxygen atoms in total. The maximum Gasteiger partial charge on any atom is 0.103 e. The highest BCUT2D eigenvalue weighted by Crippen LogP contribution is 2.32. The van der Waals surface area contributed by atoms with Gasteiger partial charge in [0.15, 0.2) is 0 Å². The second kappa shape index (κ2) is 16.8. The van der Waals surface area contributed by atoms with Crippen molar-refractivity contribution in [3.63, 3.8) is 0 Å². The third kappa shape index (κ3) is 12.3. The zero-order chi connectivity index (χ0) is 21.3. The van der Waals surface area contributed by atoms with E-state index in [1.807, 2.05) is 0 Å². The van der Waals surface area contributed by atoms with Crippen LogP contribution in [0, 0.1) is 0 Å². The fraction of sp³-hybridized carbons (Fsp3) is 1.00. The van der Waals surface area contributed by atoms with E-state index in [1.165, 1.54) is 127 Å². The number of thioether (sulfide) groups is 1. The normalized spacial score (nSPS) is 23.8. The Labute approximate surface area is 192 Å². The molecule has 2 heterocycles. The van der Waals surface area contributed by atoms with Crippen molar-refractivity contribution < 1.29 is 14.0 Å². The van der Waals surface area contributed by atoms with Crippen molar-refractivity contribution in [2.24, 2.45) is 0 Å². The molecule has 0 aromatic rings. The van der Waals surface area contributed by atoms with E-state index in [-0.39, 0.29) is 0 Å². The van der Waals surface area contributed by atoms with Gasteiger partial charge in [0.05, 0.1) is 38.7 Å². The van der Waals surface area contributed by atoms with Gasteiger partial charge in [-0.3, -0.25) is 0 Å². The van der Waals surface area contributed by atoms with Gasteiger partial charge in [-0.25, -0.2) is 0 Å². The van der Waals surface area contributed by atoms with E-state index >= 15 is 0 Å². The minimum absolute atomic E-state index is 0.463. The highest BCUT2D eigenvalue weighted by atomic mass is 32.2. The average Bonchev–Trinajstić information content (AvgIpc) is 3.18. The van der Waals surface area contributed by atoms with Crippen LogP contribution in [0.3, 0.4) is 0 Å². The summed E-state index contributed by atoms with van der Waals surface area (Å²) < 4.78 is 12.8. The second-order valence-electron chi connectivity index (χ2n) is 10.1. The largest absolute Gasteiger partial charge is 0.370 e. The first-order chi connectivity index (χ1) is 14.7. The number of nitrogens with zero attached hydrogens (tertiary/aromatic N) is 1. The Kier molecular flexibility index (Phi) is 14.8. The number of ether oxygens (including phenoxy) is 2. The molecule has 4 heteroatoms. The highest BCUT2D eigenvalue weighted by Gasteiger charge is 2.34. The van der Waals surface area contributed by atoms with Crippen molar-refractivity contribution in [3.05, 3.63) is 0 Å². The molecule has 0 amide bonds.